The van der Waals surface area contributed by atoms with Crippen molar-refractivity contribution in [3.05, 3.63) is 0 Å². The maximum atomic E-state index is 10.9. The standard InChI is InChI=1S/C8H13NO4/c10-6-9-8(7(11)12)2-1-4-13-5-3-8/h6H,1-5H2,(H,9,10)(H,11,12). The fraction of sp³-hybridized carbons (Fsp3) is 0.750. The second-order valence-corrected chi connectivity index (χ2v) is 3.12. The van der Waals surface area contributed by atoms with Crippen LogP contribution in [0.5, 0.6) is 0 Å². The minimum absolute atomic E-state index is 0.334. The molecule has 0 saturated carbocycles. The van der Waals surface area contributed by atoms with Crippen LogP contribution in [0.15, 0.2) is 0 Å². The summed E-state index contributed by atoms with van der Waals surface area (Å²) in [7, 11) is 0. The Morgan fingerprint density at radius 3 is 2.85 bits per heavy atom. The van der Waals surface area contributed by atoms with Crippen molar-refractivity contribution in [3.63, 3.8) is 0 Å². The third-order valence-electron chi connectivity index (χ3n) is 2.31. The molecular weight excluding hydrogens is 174 g/mol. The van der Waals surface area contributed by atoms with E-state index in [0.29, 0.717) is 38.9 Å². The van der Waals surface area contributed by atoms with Crippen LogP contribution in [-0.2, 0) is 14.3 Å². The van der Waals surface area contributed by atoms with Gasteiger partial charge in [-0.05, 0) is 12.8 Å². The number of hydrogen-bond acceptors (Lipinski definition) is 3. The number of carbonyl (C=O) groups excluding carboxylic acids is 1. The molecule has 0 spiro atoms. The van der Waals surface area contributed by atoms with E-state index in [-0.39, 0.29) is 0 Å². The lowest BCUT2D eigenvalue weighted by atomic mass is 9.91. The van der Waals surface area contributed by atoms with Gasteiger partial charge in [0, 0.05) is 19.6 Å². The van der Waals surface area contributed by atoms with Crippen LogP contribution in [-0.4, -0.2) is 36.2 Å². The maximum absolute atomic E-state index is 10.9. The first-order valence-electron chi connectivity index (χ1n) is 4.24. The van der Waals surface area contributed by atoms with Crippen LogP contribution < -0.4 is 5.32 Å². The highest BCUT2D eigenvalue weighted by Crippen LogP contribution is 2.20. The summed E-state index contributed by atoms with van der Waals surface area (Å²) in [6.45, 7) is 0.947. The maximum Gasteiger partial charge on any atom is 0.329 e. The number of carbonyl (C=O) groups is 2. The number of amides is 1. The van der Waals surface area contributed by atoms with Crippen molar-refractivity contribution in [2.45, 2.75) is 24.8 Å². The van der Waals surface area contributed by atoms with Gasteiger partial charge in [-0.1, -0.05) is 0 Å². The summed E-state index contributed by atoms with van der Waals surface area (Å²) < 4.78 is 5.13. The van der Waals surface area contributed by atoms with Crippen LogP contribution in [0.3, 0.4) is 0 Å². The first kappa shape index (κ1) is 9.98. The van der Waals surface area contributed by atoms with E-state index in [2.05, 4.69) is 5.32 Å². The molecule has 1 aliphatic heterocycles. The van der Waals surface area contributed by atoms with E-state index in [4.69, 9.17) is 9.84 Å². The molecule has 0 aromatic heterocycles. The largest absolute Gasteiger partial charge is 0.480 e. The quantitative estimate of drug-likeness (QED) is 0.598. The predicted molar refractivity (Wildman–Crippen MR) is 44.2 cm³/mol. The molecule has 5 nitrogen and oxygen atoms in total. The van der Waals surface area contributed by atoms with Crippen LogP contribution in [0.1, 0.15) is 19.3 Å². The molecule has 0 aromatic rings. The minimum atomic E-state index is -1.11. The fourth-order valence-electron chi connectivity index (χ4n) is 1.48. The highest BCUT2D eigenvalue weighted by Gasteiger charge is 2.38. The van der Waals surface area contributed by atoms with E-state index in [1.165, 1.54) is 0 Å². The van der Waals surface area contributed by atoms with Crippen molar-refractivity contribution in [2.24, 2.45) is 0 Å². The molecule has 0 aromatic carbocycles. The van der Waals surface area contributed by atoms with Crippen molar-refractivity contribution in [1.29, 1.82) is 0 Å². The van der Waals surface area contributed by atoms with Crippen molar-refractivity contribution < 1.29 is 19.4 Å². The molecule has 1 aliphatic rings. The van der Waals surface area contributed by atoms with Crippen LogP contribution in [0.25, 0.3) is 0 Å². The first-order valence-corrected chi connectivity index (χ1v) is 4.24. The van der Waals surface area contributed by atoms with E-state index in [1.54, 1.807) is 0 Å². The molecule has 13 heavy (non-hydrogen) atoms. The van der Waals surface area contributed by atoms with E-state index < -0.39 is 11.5 Å². The molecule has 1 atom stereocenters. The van der Waals surface area contributed by atoms with E-state index in [9.17, 15) is 9.59 Å². The molecular formula is C8H13NO4. The van der Waals surface area contributed by atoms with E-state index in [1.807, 2.05) is 0 Å². The topological polar surface area (TPSA) is 75.6 Å². The third kappa shape index (κ3) is 2.18. The van der Waals surface area contributed by atoms with Gasteiger partial charge in [-0.3, -0.25) is 4.79 Å². The fourth-order valence-corrected chi connectivity index (χ4v) is 1.48. The number of aliphatic carboxylic acids is 1. The predicted octanol–water partition coefficient (Wildman–Crippen LogP) is -0.244. The Bertz CT molecular complexity index is 196. The Hall–Kier alpha value is -1.10. The number of hydrogen-bond donors (Lipinski definition) is 2. The van der Waals surface area contributed by atoms with Gasteiger partial charge in [0.2, 0.25) is 6.41 Å². The number of ether oxygens (including phenoxy) is 1. The second kappa shape index (κ2) is 4.23. The SMILES string of the molecule is O=CNC1(C(=O)O)CCCOCC1. The number of nitrogens with one attached hydrogen (secondary N) is 1. The Morgan fingerprint density at radius 1 is 1.46 bits per heavy atom. The number of rotatable bonds is 3. The van der Waals surface area contributed by atoms with Crippen LogP contribution in [0, 0.1) is 0 Å². The molecule has 1 amide bonds. The summed E-state index contributed by atoms with van der Waals surface area (Å²) in [5.74, 6) is -0.981. The van der Waals surface area contributed by atoms with Gasteiger partial charge in [0.1, 0.15) is 5.54 Å². The molecule has 1 rings (SSSR count). The van der Waals surface area contributed by atoms with Gasteiger partial charge in [-0.15, -0.1) is 0 Å². The molecule has 0 aliphatic carbocycles. The molecule has 2 N–H and O–H groups in total. The normalized spacial score (nSPS) is 28.9. The van der Waals surface area contributed by atoms with Gasteiger partial charge in [0.25, 0.3) is 0 Å². The van der Waals surface area contributed by atoms with Gasteiger partial charge in [-0.2, -0.15) is 0 Å². The average molecular weight is 187 g/mol. The molecule has 1 fully saturated rings. The molecule has 1 unspecified atom stereocenters. The summed E-state index contributed by atoms with van der Waals surface area (Å²) in [4.78, 5) is 21.2. The van der Waals surface area contributed by atoms with Gasteiger partial charge in [-0.25, -0.2) is 4.79 Å². The molecule has 0 radical (unpaired) electrons. The third-order valence-corrected chi connectivity index (χ3v) is 2.31. The zero-order valence-electron chi connectivity index (χ0n) is 7.28. The molecule has 5 heteroatoms. The highest BCUT2D eigenvalue weighted by atomic mass is 16.5. The van der Waals surface area contributed by atoms with Crippen molar-refractivity contribution in [3.8, 4) is 0 Å². The monoisotopic (exact) mass is 187 g/mol. The Balaban J connectivity index is 2.73. The number of carboxylic acid groups (broad SMARTS) is 1. The molecule has 1 heterocycles. The second-order valence-electron chi connectivity index (χ2n) is 3.12. The first-order chi connectivity index (χ1) is 6.21. The Morgan fingerprint density at radius 2 is 2.23 bits per heavy atom. The summed E-state index contributed by atoms with van der Waals surface area (Å²) in [5, 5.41) is 11.3. The molecule has 0 bridgehead atoms. The van der Waals surface area contributed by atoms with Crippen molar-refractivity contribution in [2.75, 3.05) is 13.2 Å². The molecule has 1 saturated heterocycles. The van der Waals surface area contributed by atoms with E-state index in [0.717, 1.165) is 0 Å². The van der Waals surface area contributed by atoms with Crippen LogP contribution >= 0.6 is 0 Å². The van der Waals surface area contributed by atoms with Crippen LogP contribution in [0.2, 0.25) is 0 Å². The van der Waals surface area contributed by atoms with Crippen LogP contribution in [0.4, 0.5) is 0 Å². The van der Waals surface area contributed by atoms with Gasteiger partial charge in [0.05, 0.1) is 0 Å². The van der Waals surface area contributed by atoms with E-state index >= 15 is 0 Å². The lowest BCUT2D eigenvalue weighted by Crippen LogP contribution is -2.51. The summed E-state index contributed by atoms with van der Waals surface area (Å²) in [6.07, 6.45) is 1.87. The smallest absolute Gasteiger partial charge is 0.329 e. The zero-order valence-corrected chi connectivity index (χ0v) is 7.28. The number of carboxylic acids is 1. The molecule has 74 valence electrons. The highest BCUT2D eigenvalue weighted by molar-refractivity contribution is 5.81. The minimum Gasteiger partial charge on any atom is -0.480 e. The van der Waals surface area contributed by atoms with Crippen molar-refractivity contribution in [1.82, 2.24) is 5.32 Å². The van der Waals surface area contributed by atoms with Gasteiger partial charge < -0.3 is 15.2 Å². The lowest BCUT2D eigenvalue weighted by molar-refractivity contribution is -0.147. The Labute approximate surface area is 76.1 Å². The van der Waals surface area contributed by atoms with Gasteiger partial charge >= 0.3 is 5.97 Å². The van der Waals surface area contributed by atoms with Gasteiger partial charge in [0.15, 0.2) is 0 Å². The lowest BCUT2D eigenvalue weighted by Gasteiger charge is -2.26. The summed E-state index contributed by atoms with van der Waals surface area (Å²) in [5.41, 5.74) is -1.11. The zero-order chi connectivity index (χ0) is 9.73. The summed E-state index contributed by atoms with van der Waals surface area (Å²) >= 11 is 0. The summed E-state index contributed by atoms with van der Waals surface area (Å²) in [6, 6.07) is 0. The van der Waals surface area contributed by atoms with Crippen molar-refractivity contribution >= 4 is 12.4 Å². The Kier molecular flexibility index (Phi) is 3.25. The average Bonchev–Trinajstić information content (AvgIpc) is 2.31.